The Hall–Kier alpha value is -2.45. The predicted molar refractivity (Wildman–Crippen MR) is 87.8 cm³/mol. The monoisotopic (exact) mass is 295 g/mol. The lowest BCUT2D eigenvalue weighted by molar-refractivity contribution is 0.475. The van der Waals surface area contributed by atoms with Gasteiger partial charge < -0.3 is 10.0 Å². The second kappa shape index (κ2) is 5.90. The van der Waals surface area contributed by atoms with Crippen molar-refractivity contribution in [2.45, 2.75) is 0 Å². The first kappa shape index (κ1) is 13.5. The summed E-state index contributed by atoms with van der Waals surface area (Å²) in [6.45, 7) is 0. The molecule has 0 aliphatic carbocycles. The Balaban J connectivity index is 2.17. The third kappa shape index (κ3) is 3.01. The van der Waals surface area contributed by atoms with E-state index in [0.717, 1.165) is 17.1 Å². The van der Waals surface area contributed by atoms with Crippen molar-refractivity contribution >= 4 is 28.7 Å². The van der Waals surface area contributed by atoms with Gasteiger partial charge in [-0.05, 0) is 36.4 Å². The molecule has 0 aliphatic rings. The molecule has 0 fully saturated rings. The standard InChI is InChI=1S/C18H14ClNO/c19-14-11-17(13-18(21)12-14)20(15-7-3-1-4-8-15)16-9-5-2-6-10-16/h1-13,21H. The molecule has 0 unspecified atom stereocenters. The van der Waals surface area contributed by atoms with Gasteiger partial charge in [0.05, 0.1) is 5.69 Å². The highest BCUT2D eigenvalue weighted by molar-refractivity contribution is 6.31. The number of hydrogen-bond acceptors (Lipinski definition) is 2. The van der Waals surface area contributed by atoms with E-state index in [0.29, 0.717) is 5.02 Å². The maximum absolute atomic E-state index is 9.83. The molecule has 1 N–H and O–H groups in total. The zero-order valence-corrected chi connectivity index (χ0v) is 12.0. The van der Waals surface area contributed by atoms with Crippen LogP contribution in [0, 0.1) is 0 Å². The van der Waals surface area contributed by atoms with Crippen molar-refractivity contribution < 1.29 is 5.11 Å². The average molecular weight is 296 g/mol. The highest BCUT2D eigenvalue weighted by atomic mass is 35.5. The number of anilines is 3. The molecule has 3 aromatic carbocycles. The molecule has 0 atom stereocenters. The Labute approximate surface area is 128 Å². The van der Waals surface area contributed by atoms with E-state index < -0.39 is 0 Å². The molecule has 0 bridgehead atoms. The van der Waals surface area contributed by atoms with Crippen LogP contribution >= 0.6 is 11.6 Å². The van der Waals surface area contributed by atoms with E-state index in [1.165, 1.54) is 6.07 Å². The molecule has 104 valence electrons. The molecule has 0 saturated heterocycles. The van der Waals surface area contributed by atoms with Crippen LogP contribution in [-0.2, 0) is 0 Å². The SMILES string of the molecule is Oc1cc(Cl)cc(N(c2ccccc2)c2ccccc2)c1. The maximum Gasteiger partial charge on any atom is 0.119 e. The number of hydrogen-bond donors (Lipinski definition) is 1. The van der Waals surface area contributed by atoms with Gasteiger partial charge in [0, 0.05) is 22.5 Å². The van der Waals surface area contributed by atoms with Crippen molar-refractivity contribution in [2.24, 2.45) is 0 Å². The Bertz CT molecular complexity index is 669. The summed E-state index contributed by atoms with van der Waals surface area (Å²) in [6.07, 6.45) is 0. The summed E-state index contributed by atoms with van der Waals surface area (Å²) < 4.78 is 0. The molecule has 3 aromatic rings. The summed E-state index contributed by atoms with van der Waals surface area (Å²) in [5, 5.41) is 10.3. The molecular weight excluding hydrogens is 282 g/mol. The number of phenols is 1. The van der Waals surface area contributed by atoms with Crippen LogP contribution in [0.4, 0.5) is 17.1 Å². The van der Waals surface area contributed by atoms with Crippen LogP contribution in [0.2, 0.25) is 5.02 Å². The Morgan fingerprint density at radius 3 is 1.67 bits per heavy atom. The molecule has 3 heteroatoms. The molecule has 0 radical (unpaired) electrons. The molecule has 3 rings (SSSR count). The smallest absolute Gasteiger partial charge is 0.119 e. The number of nitrogens with zero attached hydrogens (tertiary/aromatic N) is 1. The van der Waals surface area contributed by atoms with E-state index in [-0.39, 0.29) is 5.75 Å². The van der Waals surface area contributed by atoms with Crippen LogP contribution in [0.3, 0.4) is 0 Å². The molecule has 2 nitrogen and oxygen atoms in total. The zero-order valence-electron chi connectivity index (χ0n) is 11.3. The highest BCUT2D eigenvalue weighted by Gasteiger charge is 2.13. The van der Waals surface area contributed by atoms with E-state index >= 15 is 0 Å². The minimum absolute atomic E-state index is 0.148. The quantitative estimate of drug-likeness (QED) is 0.688. The van der Waals surface area contributed by atoms with Crippen LogP contribution in [0.5, 0.6) is 5.75 Å². The van der Waals surface area contributed by atoms with E-state index in [1.807, 2.05) is 71.6 Å². The molecule has 0 amide bonds. The Morgan fingerprint density at radius 1 is 0.667 bits per heavy atom. The number of para-hydroxylation sites is 2. The fourth-order valence-electron chi connectivity index (χ4n) is 2.29. The lowest BCUT2D eigenvalue weighted by Gasteiger charge is -2.25. The third-order valence-corrected chi connectivity index (χ3v) is 3.37. The molecule has 0 aromatic heterocycles. The fourth-order valence-corrected chi connectivity index (χ4v) is 2.51. The number of benzene rings is 3. The van der Waals surface area contributed by atoms with Gasteiger partial charge in [0.15, 0.2) is 0 Å². The van der Waals surface area contributed by atoms with Gasteiger partial charge in [-0.15, -0.1) is 0 Å². The second-order valence-corrected chi connectivity index (χ2v) is 5.11. The van der Waals surface area contributed by atoms with Crippen molar-refractivity contribution in [3.63, 3.8) is 0 Å². The van der Waals surface area contributed by atoms with Crippen LogP contribution in [0.1, 0.15) is 0 Å². The average Bonchev–Trinajstić information content (AvgIpc) is 2.49. The van der Waals surface area contributed by atoms with E-state index in [9.17, 15) is 5.11 Å². The van der Waals surface area contributed by atoms with E-state index in [4.69, 9.17) is 11.6 Å². The molecular formula is C18H14ClNO. The van der Waals surface area contributed by atoms with Crippen molar-refractivity contribution in [3.8, 4) is 5.75 Å². The van der Waals surface area contributed by atoms with Gasteiger partial charge in [0.2, 0.25) is 0 Å². The summed E-state index contributed by atoms with van der Waals surface area (Å²) in [5.41, 5.74) is 2.83. The van der Waals surface area contributed by atoms with Crippen LogP contribution in [0.15, 0.2) is 78.9 Å². The number of halogens is 1. The number of aromatic hydroxyl groups is 1. The minimum Gasteiger partial charge on any atom is -0.508 e. The summed E-state index contributed by atoms with van der Waals surface area (Å²) >= 11 is 6.08. The van der Waals surface area contributed by atoms with Gasteiger partial charge in [0.25, 0.3) is 0 Å². The van der Waals surface area contributed by atoms with Crippen LogP contribution in [0.25, 0.3) is 0 Å². The lowest BCUT2D eigenvalue weighted by atomic mass is 10.2. The fraction of sp³-hybridized carbons (Fsp3) is 0. The zero-order chi connectivity index (χ0) is 14.7. The van der Waals surface area contributed by atoms with E-state index in [1.54, 1.807) is 6.07 Å². The predicted octanol–water partition coefficient (Wildman–Crippen LogP) is 5.52. The number of phenolic OH excluding ortho intramolecular Hbond substituents is 1. The van der Waals surface area contributed by atoms with Crippen molar-refractivity contribution in [1.82, 2.24) is 0 Å². The first-order valence-electron chi connectivity index (χ1n) is 6.64. The van der Waals surface area contributed by atoms with E-state index in [2.05, 4.69) is 0 Å². The first-order chi connectivity index (χ1) is 10.2. The molecule has 0 aliphatic heterocycles. The summed E-state index contributed by atoms with van der Waals surface area (Å²) in [4.78, 5) is 2.05. The molecule has 0 saturated carbocycles. The van der Waals surface area contributed by atoms with Gasteiger partial charge in [-0.2, -0.15) is 0 Å². The maximum atomic E-state index is 9.83. The third-order valence-electron chi connectivity index (χ3n) is 3.15. The first-order valence-corrected chi connectivity index (χ1v) is 7.01. The second-order valence-electron chi connectivity index (χ2n) is 4.67. The summed E-state index contributed by atoms with van der Waals surface area (Å²) in [6, 6.07) is 25.0. The van der Waals surface area contributed by atoms with Gasteiger partial charge in [0.1, 0.15) is 5.75 Å². The Morgan fingerprint density at radius 2 is 1.19 bits per heavy atom. The van der Waals surface area contributed by atoms with Gasteiger partial charge in [-0.1, -0.05) is 48.0 Å². The summed E-state index contributed by atoms with van der Waals surface area (Å²) in [5.74, 6) is 0.148. The van der Waals surface area contributed by atoms with Crippen molar-refractivity contribution in [2.75, 3.05) is 4.90 Å². The molecule has 21 heavy (non-hydrogen) atoms. The summed E-state index contributed by atoms with van der Waals surface area (Å²) in [7, 11) is 0. The van der Waals surface area contributed by atoms with Crippen LogP contribution < -0.4 is 4.90 Å². The molecule has 0 spiro atoms. The normalized spacial score (nSPS) is 10.3. The van der Waals surface area contributed by atoms with Crippen molar-refractivity contribution in [3.05, 3.63) is 83.9 Å². The Kier molecular flexibility index (Phi) is 3.80. The lowest BCUT2D eigenvalue weighted by Crippen LogP contribution is -2.09. The van der Waals surface area contributed by atoms with Crippen molar-refractivity contribution in [1.29, 1.82) is 0 Å². The topological polar surface area (TPSA) is 23.5 Å². The van der Waals surface area contributed by atoms with Gasteiger partial charge in [-0.25, -0.2) is 0 Å². The molecule has 0 heterocycles. The van der Waals surface area contributed by atoms with Gasteiger partial charge >= 0.3 is 0 Å². The van der Waals surface area contributed by atoms with Crippen LogP contribution in [-0.4, -0.2) is 5.11 Å². The minimum atomic E-state index is 0.148. The highest BCUT2D eigenvalue weighted by Crippen LogP contribution is 2.37. The van der Waals surface area contributed by atoms with Gasteiger partial charge in [-0.3, -0.25) is 0 Å². The number of rotatable bonds is 3. The largest absolute Gasteiger partial charge is 0.508 e.